The molecule has 1 aromatic heterocycles. The minimum atomic E-state index is -1.39. The van der Waals surface area contributed by atoms with Crippen molar-refractivity contribution in [2.45, 2.75) is 30.5 Å². The topological polar surface area (TPSA) is 103 Å². The maximum atomic E-state index is 10.1. The van der Waals surface area contributed by atoms with Crippen molar-refractivity contribution in [2.75, 3.05) is 6.61 Å². The lowest BCUT2D eigenvalue weighted by Gasteiger charge is -2.39. The van der Waals surface area contributed by atoms with Gasteiger partial charge in [0.05, 0.1) is 17.8 Å². The number of pyridine rings is 1. The van der Waals surface area contributed by atoms with Crippen LogP contribution in [0.4, 0.5) is 0 Å². The monoisotopic (exact) mass is 291 g/mol. The van der Waals surface area contributed by atoms with Crippen molar-refractivity contribution in [3.05, 3.63) is 42.1 Å². The molecule has 6 heteroatoms. The van der Waals surface area contributed by atoms with Gasteiger partial charge in [-0.3, -0.25) is 0 Å². The maximum Gasteiger partial charge on any atom is 0.128 e. The maximum absolute atomic E-state index is 10.1. The predicted octanol–water partition coefficient (Wildman–Crippen LogP) is -0.250. The highest BCUT2D eigenvalue weighted by Gasteiger charge is 2.44. The number of aliphatic hydroxyl groups is 4. The number of aliphatic hydroxyl groups excluding tert-OH is 4. The van der Waals surface area contributed by atoms with E-state index in [1.807, 2.05) is 30.3 Å². The van der Waals surface area contributed by atoms with Gasteiger partial charge < -0.3 is 25.2 Å². The van der Waals surface area contributed by atoms with E-state index in [0.29, 0.717) is 5.69 Å². The lowest BCUT2D eigenvalue weighted by atomic mass is 9.93. The van der Waals surface area contributed by atoms with Crippen LogP contribution in [0, 0.1) is 0 Å². The Balaban J connectivity index is 1.96. The minimum absolute atomic E-state index is 0.449. The molecule has 21 heavy (non-hydrogen) atoms. The second-order valence-electron chi connectivity index (χ2n) is 5.18. The first-order chi connectivity index (χ1) is 10.1. The van der Waals surface area contributed by atoms with Gasteiger partial charge in [-0.05, 0) is 12.1 Å². The number of aromatic nitrogens is 1. The van der Waals surface area contributed by atoms with Crippen molar-refractivity contribution < 1.29 is 25.2 Å². The van der Waals surface area contributed by atoms with Crippen LogP contribution in [0.15, 0.2) is 36.4 Å². The van der Waals surface area contributed by atoms with Crippen molar-refractivity contribution in [3.8, 4) is 0 Å². The first-order valence-electron chi connectivity index (χ1n) is 6.78. The van der Waals surface area contributed by atoms with Crippen LogP contribution in [0.2, 0.25) is 0 Å². The molecule has 4 N–H and O–H groups in total. The van der Waals surface area contributed by atoms with Crippen LogP contribution in [0.25, 0.3) is 10.9 Å². The lowest BCUT2D eigenvalue weighted by Crippen LogP contribution is -2.55. The molecule has 1 aromatic carbocycles. The summed E-state index contributed by atoms with van der Waals surface area (Å²) in [6.45, 7) is -0.449. The van der Waals surface area contributed by atoms with Gasteiger partial charge in [0.15, 0.2) is 0 Å². The largest absolute Gasteiger partial charge is 0.394 e. The molecular formula is C15H17NO5. The van der Waals surface area contributed by atoms with E-state index in [2.05, 4.69) is 4.98 Å². The molecule has 1 aliphatic heterocycles. The Bertz CT molecular complexity index is 632. The molecule has 0 radical (unpaired) electrons. The molecule has 0 amide bonds. The smallest absolute Gasteiger partial charge is 0.128 e. The van der Waals surface area contributed by atoms with Gasteiger partial charge in [0, 0.05) is 5.39 Å². The third-order valence-electron chi connectivity index (χ3n) is 3.80. The Labute approximate surface area is 121 Å². The highest BCUT2D eigenvalue weighted by atomic mass is 16.5. The Hall–Kier alpha value is -1.57. The van der Waals surface area contributed by atoms with Crippen molar-refractivity contribution in [3.63, 3.8) is 0 Å². The fourth-order valence-electron chi connectivity index (χ4n) is 2.59. The van der Waals surface area contributed by atoms with Crippen LogP contribution in [-0.2, 0) is 4.74 Å². The van der Waals surface area contributed by atoms with Crippen LogP contribution in [0.5, 0.6) is 0 Å². The van der Waals surface area contributed by atoms with Crippen molar-refractivity contribution in [1.82, 2.24) is 4.98 Å². The van der Waals surface area contributed by atoms with Gasteiger partial charge in [0.1, 0.15) is 30.5 Å². The third-order valence-corrected chi connectivity index (χ3v) is 3.80. The van der Waals surface area contributed by atoms with Crippen molar-refractivity contribution in [1.29, 1.82) is 0 Å². The molecule has 1 aliphatic rings. The van der Waals surface area contributed by atoms with E-state index in [1.54, 1.807) is 6.07 Å². The highest BCUT2D eigenvalue weighted by molar-refractivity contribution is 5.78. The number of hydrogen-bond donors (Lipinski definition) is 4. The van der Waals surface area contributed by atoms with Gasteiger partial charge in [0.2, 0.25) is 0 Å². The normalized spacial score (nSPS) is 33.2. The molecule has 0 aliphatic carbocycles. The van der Waals surface area contributed by atoms with Crippen LogP contribution in [0.3, 0.4) is 0 Å². The number of hydrogen-bond acceptors (Lipinski definition) is 6. The zero-order valence-electron chi connectivity index (χ0n) is 11.2. The molecule has 0 spiro atoms. The molecule has 0 saturated carbocycles. The van der Waals surface area contributed by atoms with Gasteiger partial charge in [-0.15, -0.1) is 0 Å². The van der Waals surface area contributed by atoms with E-state index in [0.717, 1.165) is 10.9 Å². The zero-order valence-corrected chi connectivity index (χ0v) is 11.2. The summed E-state index contributed by atoms with van der Waals surface area (Å²) in [4.78, 5) is 4.42. The Kier molecular flexibility index (Phi) is 3.88. The Morgan fingerprint density at radius 3 is 2.48 bits per heavy atom. The summed E-state index contributed by atoms with van der Waals surface area (Å²) in [7, 11) is 0. The van der Waals surface area contributed by atoms with Crippen molar-refractivity contribution in [2.24, 2.45) is 0 Å². The molecule has 0 bridgehead atoms. The van der Waals surface area contributed by atoms with Gasteiger partial charge in [0.25, 0.3) is 0 Å². The quantitative estimate of drug-likeness (QED) is 0.608. The van der Waals surface area contributed by atoms with Crippen LogP contribution in [0.1, 0.15) is 11.8 Å². The third kappa shape index (κ3) is 2.52. The number of benzene rings is 1. The number of fused-ring (bicyclic) bond motifs is 1. The SMILES string of the molecule is OC[C@H]1O[C@@H](c2ccc3ccccc3n2)[C@@H](O)[C@@H](O)[C@@H]1O. The van der Waals surface area contributed by atoms with E-state index in [-0.39, 0.29) is 0 Å². The summed E-state index contributed by atoms with van der Waals surface area (Å²) in [6, 6.07) is 11.1. The summed E-state index contributed by atoms with van der Waals surface area (Å²) in [5.74, 6) is 0. The van der Waals surface area contributed by atoms with Crippen LogP contribution in [-0.4, -0.2) is 56.4 Å². The van der Waals surface area contributed by atoms with Gasteiger partial charge in [-0.25, -0.2) is 4.98 Å². The molecule has 1 saturated heterocycles. The summed E-state index contributed by atoms with van der Waals surface area (Å²) >= 11 is 0. The average Bonchev–Trinajstić information content (AvgIpc) is 2.52. The zero-order chi connectivity index (χ0) is 15.0. The molecule has 1 fully saturated rings. The minimum Gasteiger partial charge on any atom is -0.394 e. The number of nitrogens with zero attached hydrogens (tertiary/aromatic N) is 1. The molecule has 112 valence electrons. The molecule has 6 nitrogen and oxygen atoms in total. The van der Waals surface area contributed by atoms with Crippen molar-refractivity contribution >= 4 is 10.9 Å². The van der Waals surface area contributed by atoms with E-state index >= 15 is 0 Å². The van der Waals surface area contributed by atoms with E-state index in [4.69, 9.17) is 4.74 Å². The lowest BCUT2D eigenvalue weighted by molar-refractivity contribution is -0.232. The summed E-state index contributed by atoms with van der Waals surface area (Å²) < 4.78 is 5.49. The second-order valence-corrected chi connectivity index (χ2v) is 5.18. The van der Waals surface area contributed by atoms with Crippen LogP contribution < -0.4 is 0 Å². The summed E-state index contributed by atoms with van der Waals surface area (Å²) in [6.07, 6.45) is -5.89. The molecule has 5 atom stereocenters. The molecule has 2 heterocycles. The molecule has 0 unspecified atom stereocenters. The summed E-state index contributed by atoms with van der Waals surface area (Å²) in [5.41, 5.74) is 1.19. The van der Waals surface area contributed by atoms with Gasteiger partial charge >= 0.3 is 0 Å². The first-order valence-corrected chi connectivity index (χ1v) is 6.78. The second kappa shape index (κ2) is 5.67. The number of ether oxygens (including phenoxy) is 1. The van der Waals surface area contributed by atoms with Crippen LogP contribution >= 0.6 is 0 Å². The standard InChI is InChI=1S/C15H17NO5/c17-7-11-12(18)13(19)14(20)15(21-11)10-6-5-8-3-1-2-4-9(8)16-10/h1-6,11-15,17-20H,7H2/t11-,12-,13+,14+,15+/m1/s1. The van der Waals surface area contributed by atoms with E-state index in [1.165, 1.54) is 0 Å². The Morgan fingerprint density at radius 2 is 1.71 bits per heavy atom. The van der Waals surface area contributed by atoms with Gasteiger partial charge in [-0.1, -0.05) is 24.3 Å². The highest BCUT2D eigenvalue weighted by Crippen LogP contribution is 2.32. The molecule has 2 aromatic rings. The van der Waals surface area contributed by atoms with E-state index < -0.39 is 37.1 Å². The molecular weight excluding hydrogens is 274 g/mol. The molecule has 3 rings (SSSR count). The predicted molar refractivity (Wildman–Crippen MR) is 74.5 cm³/mol. The number of rotatable bonds is 2. The summed E-state index contributed by atoms with van der Waals surface area (Å²) in [5, 5.41) is 39.8. The fraction of sp³-hybridized carbons (Fsp3) is 0.400. The number of para-hydroxylation sites is 1. The van der Waals surface area contributed by atoms with Gasteiger partial charge in [-0.2, -0.15) is 0 Å². The van der Waals surface area contributed by atoms with E-state index in [9.17, 15) is 20.4 Å². The fourth-order valence-corrected chi connectivity index (χ4v) is 2.59. The first kappa shape index (κ1) is 14.4. The Morgan fingerprint density at radius 1 is 0.952 bits per heavy atom. The average molecular weight is 291 g/mol.